The van der Waals surface area contributed by atoms with Crippen LogP contribution in [0.2, 0.25) is 0 Å². The number of hydrogen-bond donors (Lipinski definition) is 2. The van der Waals surface area contributed by atoms with Gasteiger partial charge in [0, 0.05) is 11.4 Å². The summed E-state index contributed by atoms with van der Waals surface area (Å²) in [4.78, 5) is 26.2. The maximum atomic E-state index is 12.2. The molecule has 5 heteroatoms. The van der Waals surface area contributed by atoms with Crippen LogP contribution in [0.4, 0.5) is 5.69 Å². The Labute approximate surface area is 134 Å². The molecule has 1 aromatic heterocycles. The summed E-state index contributed by atoms with van der Waals surface area (Å²) in [7, 11) is 0. The van der Waals surface area contributed by atoms with Crippen LogP contribution in [0.3, 0.4) is 0 Å². The first-order valence-corrected chi connectivity index (χ1v) is 8.04. The van der Waals surface area contributed by atoms with Gasteiger partial charge in [-0.3, -0.25) is 9.59 Å². The lowest BCUT2D eigenvalue weighted by Gasteiger charge is -2.12. The van der Waals surface area contributed by atoms with Gasteiger partial charge in [-0.15, -0.1) is 11.3 Å². The van der Waals surface area contributed by atoms with E-state index in [4.69, 9.17) is 0 Å². The Morgan fingerprint density at radius 1 is 1.09 bits per heavy atom. The Balaban J connectivity index is 2.14. The molecule has 1 heterocycles. The molecule has 0 aliphatic carbocycles. The number of anilines is 1. The summed E-state index contributed by atoms with van der Waals surface area (Å²) in [5, 5.41) is 5.69. The smallest absolute Gasteiger partial charge is 0.265 e. The van der Waals surface area contributed by atoms with Gasteiger partial charge < -0.3 is 10.6 Å². The maximum absolute atomic E-state index is 12.2. The summed E-state index contributed by atoms with van der Waals surface area (Å²) in [5.41, 5.74) is 1.00. The van der Waals surface area contributed by atoms with Crippen molar-refractivity contribution in [2.75, 3.05) is 11.9 Å². The molecular weight excluding hydrogens is 296 g/mol. The van der Waals surface area contributed by atoms with Gasteiger partial charge in [-0.2, -0.15) is 0 Å². The summed E-state index contributed by atoms with van der Waals surface area (Å²) in [6.07, 6.45) is 0. The highest BCUT2D eigenvalue weighted by molar-refractivity contribution is 7.14. The summed E-state index contributed by atoms with van der Waals surface area (Å²) in [6, 6.07) is 10.7. The molecule has 2 N–H and O–H groups in total. The standard InChI is InChI=1S/C17H20N2O2S/c1-11(2)10-18-16(20)13-6-4-5-7-14(13)19-17(21)15-9-8-12(3)22-15/h4-9,11H,10H2,1-3H3,(H,18,20)(H,19,21). The van der Waals surface area contributed by atoms with Gasteiger partial charge in [0.15, 0.2) is 0 Å². The number of para-hydroxylation sites is 1. The molecule has 2 aromatic rings. The monoisotopic (exact) mass is 316 g/mol. The molecular formula is C17H20N2O2S. The number of amides is 2. The van der Waals surface area contributed by atoms with Gasteiger partial charge >= 0.3 is 0 Å². The van der Waals surface area contributed by atoms with Gasteiger partial charge in [-0.25, -0.2) is 0 Å². The van der Waals surface area contributed by atoms with Crippen molar-refractivity contribution in [2.24, 2.45) is 5.92 Å². The first kappa shape index (κ1) is 16.2. The lowest BCUT2D eigenvalue weighted by molar-refractivity contribution is 0.0950. The molecule has 2 amide bonds. The lowest BCUT2D eigenvalue weighted by Crippen LogP contribution is -2.28. The quantitative estimate of drug-likeness (QED) is 0.883. The second-order valence-electron chi connectivity index (χ2n) is 5.51. The van der Waals surface area contributed by atoms with Gasteiger partial charge in [0.1, 0.15) is 0 Å². The number of rotatable bonds is 5. The van der Waals surface area contributed by atoms with E-state index in [1.165, 1.54) is 11.3 Å². The molecule has 0 atom stereocenters. The SMILES string of the molecule is Cc1ccc(C(=O)Nc2ccccc2C(=O)NCC(C)C)s1. The fourth-order valence-corrected chi connectivity index (χ4v) is 2.69. The molecule has 0 saturated heterocycles. The predicted octanol–water partition coefficient (Wildman–Crippen LogP) is 3.69. The highest BCUT2D eigenvalue weighted by Gasteiger charge is 2.14. The van der Waals surface area contributed by atoms with Crippen molar-refractivity contribution in [3.63, 3.8) is 0 Å². The highest BCUT2D eigenvalue weighted by atomic mass is 32.1. The van der Waals surface area contributed by atoms with Crippen LogP contribution in [0.5, 0.6) is 0 Å². The Hall–Kier alpha value is -2.14. The Kier molecular flexibility index (Phi) is 5.33. The summed E-state index contributed by atoms with van der Waals surface area (Å²) >= 11 is 1.43. The summed E-state index contributed by atoms with van der Waals surface area (Å²) < 4.78 is 0. The molecule has 0 aliphatic heterocycles. The molecule has 4 nitrogen and oxygen atoms in total. The molecule has 0 aliphatic rings. The average molecular weight is 316 g/mol. The Morgan fingerprint density at radius 3 is 2.45 bits per heavy atom. The molecule has 0 spiro atoms. The first-order chi connectivity index (χ1) is 10.5. The van der Waals surface area contributed by atoms with Crippen LogP contribution >= 0.6 is 11.3 Å². The number of carbonyl (C=O) groups is 2. The number of aryl methyl sites for hydroxylation is 1. The van der Waals surface area contributed by atoms with E-state index in [2.05, 4.69) is 10.6 Å². The van der Waals surface area contributed by atoms with Crippen LogP contribution in [0, 0.1) is 12.8 Å². The third kappa shape index (κ3) is 4.18. The van der Waals surface area contributed by atoms with Crippen LogP contribution < -0.4 is 10.6 Å². The van der Waals surface area contributed by atoms with E-state index in [9.17, 15) is 9.59 Å². The third-order valence-corrected chi connectivity index (χ3v) is 4.05. The van der Waals surface area contributed by atoms with Gasteiger partial charge in [0.2, 0.25) is 0 Å². The molecule has 0 saturated carbocycles. The average Bonchev–Trinajstić information content (AvgIpc) is 2.92. The van der Waals surface area contributed by atoms with Crippen molar-refractivity contribution in [1.82, 2.24) is 5.32 Å². The largest absolute Gasteiger partial charge is 0.352 e. The number of benzene rings is 1. The molecule has 0 fully saturated rings. The van der Waals surface area contributed by atoms with E-state index in [0.717, 1.165) is 4.88 Å². The van der Waals surface area contributed by atoms with E-state index in [-0.39, 0.29) is 11.8 Å². The van der Waals surface area contributed by atoms with E-state index in [0.29, 0.717) is 28.6 Å². The molecule has 0 bridgehead atoms. The van der Waals surface area contributed by atoms with E-state index >= 15 is 0 Å². The van der Waals surface area contributed by atoms with Crippen molar-refractivity contribution in [2.45, 2.75) is 20.8 Å². The molecule has 116 valence electrons. The summed E-state index contributed by atoms with van der Waals surface area (Å²) in [6.45, 7) is 6.63. The van der Waals surface area contributed by atoms with Gasteiger partial charge in [-0.1, -0.05) is 26.0 Å². The first-order valence-electron chi connectivity index (χ1n) is 7.22. The third-order valence-electron chi connectivity index (χ3n) is 3.05. The Morgan fingerprint density at radius 2 is 1.82 bits per heavy atom. The molecule has 0 unspecified atom stereocenters. The fourth-order valence-electron chi connectivity index (χ4n) is 1.92. The van der Waals surface area contributed by atoms with Crippen molar-refractivity contribution >= 4 is 28.8 Å². The molecule has 22 heavy (non-hydrogen) atoms. The van der Waals surface area contributed by atoms with Crippen LogP contribution in [-0.4, -0.2) is 18.4 Å². The topological polar surface area (TPSA) is 58.2 Å². The maximum Gasteiger partial charge on any atom is 0.265 e. The second kappa shape index (κ2) is 7.22. The van der Waals surface area contributed by atoms with Crippen molar-refractivity contribution in [1.29, 1.82) is 0 Å². The van der Waals surface area contributed by atoms with E-state index in [1.807, 2.05) is 26.8 Å². The fraction of sp³-hybridized carbons (Fsp3) is 0.294. The number of hydrogen-bond acceptors (Lipinski definition) is 3. The lowest BCUT2D eigenvalue weighted by atomic mass is 10.1. The normalized spacial score (nSPS) is 10.5. The minimum absolute atomic E-state index is 0.174. The minimum Gasteiger partial charge on any atom is -0.352 e. The predicted molar refractivity (Wildman–Crippen MR) is 90.6 cm³/mol. The van der Waals surface area contributed by atoms with Gasteiger partial charge in [-0.05, 0) is 37.1 Å². The van der Waals surface area contributed by atoms with Crippen molar-refractivity contribution in [3.05, 3.63) is 51.7 Å². The molecule has 1 aromatic carbocycles. The number of nitrogens with one attached hydrogen (secondary N) is 2. The van der Waals surface area contributed by atoms with Crippen LogP contribution in [-0.2, 0) is 0 Å². The zero-order valence-electron chi connectivity index (χ0n) is 13.0. The molecule has 0 radical (unpaired) electrons. The van der Waals surface area contributed by atoms with Crippen molar-refractivity contribution in [3.8, 4) is 0 Å². The Bertz CT molecular complexity index is 677. The van der Waals surface area contributed by atoms with Gasteiger partial charge in [0.05, 0.1) is 16.1 Å². The van der Waals surface area contributed by atoms with Gasteiger partial charge in [0.25, 0.3) is 11.8 Å². The minimum atomic E-state index is -0.192. The zero-order chi connectivity index (χ0) is 16.1. The number of carbonyl (C=O) groups excluding carboxylic acids is 2. The zero-order valence-corrected chi connectivity index (χ0v) is 13.8. The molecule has 2 rings (SSSR count). The van der Waals surface area contributed by atoms with Crippen molar-refractivity contribution < 1.29 is 9.59 Å². The van der Waals surface area contributed by atoms with E-state index < -0.39 is 0 Å². The summed E-state index contributed by atoms with van der Waals surface area (Å²) in [5.74, 6) is 0.00830. The van der Waals surface area contributed by atoms with Crippen LogP contribution in [0.15, 0.2) is 36.4 Å². The van der Waals surface area contributed by atoms with Crippen LogP contribution in [0.25, 0.3) is 0 Å². The van der Waals surface area contributed by atoms with Crippen LogP contribution in [0.1, 0.15) is 38.8 Å². The highest BCUT2D eigenvalue weighted by Crippen LogP contribution is 2.20. The van der Waals surface area contributed by atoms with E-state index in [1.54, 1.807) is 30.3 Å². The second-order valence-corrected chi connectivity index (χ2v) is 6.80. The number of thiophene rings is 1.